The van der Waals surface area contributed by atoms with Crippen LogP contribution < -0.4 is 10.6 Å². The maximum absolute atomic E-state index is 11.4. The first-order valence-electron chi connectivity index (χ1n) is 5.99. The Morgan fingerprint density at radius 1 is 1.33 bits per heavy atom. The van der Waals surface area contributed by atoms with Gasteiger partial charge in [-0.05, 0) is 18.8 Å². The second-order valence-electron chi connectivity index (χ2n) is 4.16. The van der Waals surface area contributed by atoms with Gasteiger partial charge in [0.25, 0.3) is 0 Å². The van der Waals surface area contributed by atoms with Gasteiger partial charge >= 0.3 is 12.0 Å². The Hall–Kier alpha value is -1.34. The predicted octanol–water partition coefficient (Wildman–Crippen LogP) is -0.188. The van der Waals surface area contributed by atoms with E-state index in [0.717, 1.165) is 12.8 Å². The van der Waals surface area contributed by atoms with Gasteiger partial charge in [-0.25, -0.2) is 9.59 Å². The molecular formula is C11H20N2O5. The molecule has 2 amide bonds. The monoisotopic (exact) mass is 260 g/mol. The average molecular weight is 260 g/mol. The smallest absolute Gasteiger partial charge is 0.326 e. The molecule has 1 aliphatic rings. The Kier molecular flexibility index (Phi) is 6.45. The third-order valence-corrected chi connectivity index (χ3v) is 2.61. The highest BCUT2D eigenvalue weighted by molar-refractivity contribution is 5.83. The Labute approximate surface area is 106 Å². The van der Waals surface area contributed by atoms with Gasteiger partial charge in [0.1, 0.15) is 6.04 Å². The van der Waals surface area contributed by atoms with Crippen LogP contribution in [0.2, 0.25) is 0 Å². The van der Waals surface area contributed by atoms with E-state index in [2.05, 4.69) is 10.6 Å². The fourth-order valence-electron chi connectivity index (χ4n) is 1.48. The molecule has 104 valence electrons. The summed E-state index contributed by atoms with van der Waals surface area (Å²) < 4.78 is 9.94. The van der Waals surface area contributed by atoms with Crippen molar-refractivity contribution < 1.29 is 24.2 Å². The second-order valence-corrected chi connectivity index (χ2v) is 4.16. The zero-order valence-corrected chi connectivity index (χ0v) is 10.5. The fourth-order valence-corrected chi connectivity index (χ4v) is 1.48. The molecule has 7 nitrogen and oxygen atoms in total. The van der Waals surface area contributed by atoms with Crippen LogP contribution in [0.3, 0.4) is 0 Å². The Morgan fingerprint density at radius 3 is 2.61 bits per heavy atom. The molecule has 0 radical (unpaired) electrons. The molecule has 0 heterocycles. The van der Waals surface area contributed by atoms with Crippen LogP contribution in [-0.2, 0) is 14.3 Å². The number of urea groups is 1. The minimum atomic E-state index is -0.982. The van der Waals surface area contributed by atoms with Crippen LogP contribution in [0.4, 0.5) is 4.79 Å². The molecule has 0 saturated heterocycles. The molecular weight excluding hydrogens is 240 g/mol. The van der Waals surface area contributed by atoms with Crippen molar-refractivity contribution in [2.24, 2.45) is 5.92 Å². The van der Waals surface area contributed by atoms with Crippen molar-refractivity contribution in [3.63, 3.8) is 0 Å². The van der Waals surface area contributed by atoms with Gasteiger partial charge < -0.3 is 25.2 Å². The highest BCUT2D eigenvalue weighted by atomic mass is 16.5. The van der Waals surface area contributed by atoms with E-state index in [1.165, 1.54) is 0 Å². The zero-order valence-electron chi connectivity index (χ0n) is 10.5. The minimum absolute atomic E-state index is 0.0752. The lowest BCUT2D eigenvalue weighted by Crippen LogP contribution is -2.47. The summed E-state index contributed by atoms with van der Waals surface area (Å²) in [5.41, 5.74) is 0. The molecule has 7 heteroatoms. The molecule has 1 fully saturated rings. The zero-order chi connectivity index (χ0) is 13.4. The molecule has 0 spiro atoms. The van der Waals surface area contributed by atoms with Crippen LogP contribution in [0.25, 0.3) is 0 Å². The molecule has 0 aliphatic heterocycles. The Bertz CT molecular complexity index is 281. The van der Waals surface area contributed by atoms with Crippen LogP contribution in [-0.4, -0.2) is 56.6 Å². The van der Waals surface area contributed by atoms with Gasteiger partial charge in [0, 0.05) is 13.7 Å². The average Bonchev–Trinajstić information content (AvgIpc) is 3.14. The molecule has 1 aliphatic carbocycles. The summed E-state index contributed by atoms with van der Waals surface area (Å²) in [4.78, 5) is 22.3. The van der Waals surface area contributed by atoms with Gasteiger partial charge in [-0.1, -0.05) is 0 Å². The number of hydrogen-bond donors (Lipinski definition) is 3. The summed E-state index contributed by atoms with van der Waals surface area (Å²) in [6.07, 6.45) is 1.72. The number of ether oxygens (including phenoxy) is 2. The number of carboxylic acid groups (broad SMARTS) is 1. The standard InChI is InChI=1S/C11H20N2O5/c1-17-6-7-18-5-4-12-11(16)13-9(10(14)15)8-2-3-8/h8-9H,2-7H2,1H3,(H,14,15)(H2,12,13,16). The Morgan fingerprint density at radius 2 is 2.06 bits per heavy atom. The normalized spacial score (nSPS) is 16.1. The Balaban J connectivity index is 2.07. The largest absolute Gasteiger partial charge is 0.480 e. The molecule has 1 saturated carbocycles. The van der Waals surface area contributed by atoms with Crippen LogP contribution in [0.5, 0.6) is 0 Å². The van der Waals surface area contributed by atoms with E-state index in [-0.39, 0.29) is 5.92 Å². The summed E-state index contributed by atoms with van der Waals surface area (Å²) in [5, 5.41) is 13.9. The van der Waals surface area contributed by atoms with Gasteiger partial charge in [0.05, 0.1) is 19.8 Å². The number of carboxylic acids is 1. The summed E-state index contributed by atoms with van der Waals surface area (Å²) in [7, 11) is 1.58. The summed E-state index contributed by atoms with van der Waals surface area (Å²) >= 11 is 0. The van der Waals surface area contributed by atoms with E-state index in [1.54, 1.807) is 7.11 Å². The predicted molar refractivity (Wildman–Crippen MR) is 63.4 cm³/mol. The molecule has 1 rings (SSSR count). The van der Waals surface area contributed by atoms with Crippen LogP contribution in [0.1, 0.15) is 12.8 Å². The van der Waals surface area contributed by atoms with Crippen LogP contribution >= 0.6 is 0 Å². The van der Waals surface area contributed by atoms with E-state index in [1.807, 2.05) is 0 Å². The van der Waals surface area contributed by atoms with Crippen LogP contribution in [0.15, 0.2) is 0 Å². The highest BCUT2D eigenvalue weighted by Gasteiger charge is 2.37. The molecule has 0 aromatic rings. The van der Waals surface area contributed by atoms with Crippen molar-refractivity contribution in [1.29, 1.82) is 0 Å². The van der Waals surface area contributed by atoms with Crippen molar-refractivity contribution >= 4 is 12.0 Å². The summed E-state index contributed by atoms with van der Waals surface area (Å²) in [6, 6.07) is -1.25. The molecule has 0 bridgehead atoms. The summed E-state index contributed by atoms with van der Waals surface area (Å²) in [6.45, 7) is 1.69. The molecule has 1 atom stereocenters. The van der Waals surface area contributed by atoms with Gasteiger partial charge in [-0.2, -0.15) is 0 Å². The van der Waals surface area contributed by atoms with Crippen molar-refractivity contribution in [2.45, 2.75) is 18.9 Å². The number of rotatable bonds is 9. The van der Waals surface area contributed by atoms with Crippen molar-refractivity contribution in [3.8, 4) is 0 Å². The number of amides is 2. The number of methoxy groups -OCH3 is 1. The second kappa shape index (κ2) is 7.88. The van der Waals surface area contributed by atoms with E-state index in [4.69, 9.17) is 14.6 Å². The number of carbonyl (C=O) groups is 2. The molecule has 0 aromatic heterocycles. The first kappa shape index (κ1) is 14.7. The number of nitrogens with one attached hydrogen (secondary N) is 2. The van der Waals surface area contributed by atoms with Crippen molar-refractivity contribution in [1.82, 2.24) is 10.6 Å². The quantitative estimate of drug-likeness (QED) is 0.499. The minimum Gasteiger partial charge on any atom is -0.480 e. The van der Waals surface area contributed by atoms with Gasteiger partial charge in [-0.15, -0.1) is 0 Å². The molecule has 3 N–H and O–H groups in total. The topological polar surface area (TPSA) is 96.9 Å². The van der Waals surface area contributed by atoms with Gasteiger partial charge in [0.2, 0.25) is 0 Å². The third kappa shape index (κ3) is 5.83. The van der Waals surface area contributed by atoms with E-state index in [0.29, 0.717) is 26.4 Å². The fraction of sp³-hybridized carbons (Fsp3) is 0.818. The first-order chi connectivity index (χ1) is 8.65. The maximum Gasteiger partial charge on any atom is 0.326 e. The molecule has 18 heavy (non-hydrogen) atoms. The third-order valence-electron chi connectivity index (χ3n) is 2.61. The molecule has 1 unspecified atom stereocenters. The van der Waals surface area contributed by atoms with Crippen LogP contribution in [0, 0.1) is 5.92 Å². The summed E-state index contributed by atoms with van der Waals surface area (Å²) in [5.74, 6) is -0.907. The van der Waals surface area contributed by atoms with E-state index >= 15 is 0 Å². The SMILES string of the molecule is COCCOCCNC(=O)NC(C(=O)O)C1CC1. The lowest BCUT2D eigenvalue weighted by molar-refractivity contribution is -0.139. The first-order valence-corrected chi connectivity index (χ1v) is 5.99. The van der Waals surface area contributed by atoms with Crippen molar-refractivity contribution in [3.05, 3.63) is 0 Å². The lowest BCUT2D eigenvalue weighted by atomic mass is 10.2. The maximum atomic E-state index is 11.4. The number of aliphatic carboxylic acids is 1. The van der Waals surface area contributed by atoms with Gasteiger partial charge in [-0.3, -0.25) is 0 Å². The lowest BCUT2D eigenvalue weighted by Gasteiger charge is -2.14. The van der Waals surface area contributed by atoms with E-state index < -0.39 is 18.0 Å². The highest BCUT2D eigenvalue weighted by Crippen LogP contribution is 2.32. The van der Waals surface area contributed by atoms with Gasteiger partial charge in [0.15, 0.2) is 0 Å². The van der Waals surface area contributed by atoms with E-state index in [9.17, 15) is 9.59 Å². The number of carbonyl (C=O) groups excluding carboxylic acids is 1. The molecule has 0 aromatic carbocycles. The number of hydrogen-bond acceptors (Lipinski definition) is 4. The van der Waals surface area contributed by atoms with Crippen molar-refractivity contribution in [2.75, 3.05) is 33.5 Å².